The number of aromatic amines is 2. The Morgan fingerprint density at radius 2 is 1.82 bits per heavy atom. The molecule has 0 aliphatic carbocycles. The van der Waals surface area contributed by atoms with Crippen molar-refractivity contribution in [1.82, 2.24) is 10.2 Å². The molecule has 1 aromatic heterocycles. The Morgan fingerprint density at radius 1 is 1.12 bits per heavy atom. The minimum atomic E-state index is -0.139. The summed E-state index contributed by atoms with van der Waals surface area (Å²) in [6.07, 6.45) is 0. The van der Waals surface area contributed by atoms with Crippen LogP contribution in [-0.4, -0.2) is 10.2 Å². The second-order valence-electron chi connectivity index (χ2n) is 4.32. The molecule has 90 valence electrons. The molecule has 4 heteroatoms. The van der Waals surface area contributed by atoms with E-state index in [1.54, 1.807) is 0 Å². The summed E-state index contributed by atoms with van der Waals surface area (Å²) in [4.78, 5) is 11.5. The SMILES string of the molecule is Cc1ccc(-c2[nH][nH]c(=O)c2CN)c(C)c1C. The van der Waals surface area contributed by atoms with Crippen LogP contribution in [0.1, 0.15) is 22.3 Å². The Morgan fingerprint density at radius 3 is 2.47 bits per heavy atom. The van der Waals surface area contributed by atoms with Crippen LogP contribution >= 0.6 is 0 Å². The van der Waals surface area contributed by atoms with Crippen LogP contribution in [0.25, 0.3) is 11.3 Å². The fraction of sp³-hybridized carbons (Fsp3) is 0.308. The summed E-state index contributed by atoms with van der Waals surface area (Å²) in [5, 5.41) is 5.50. The predicted octanol–water partition coefficient (Wildman–Crippen LogP) is 1.75. The van der Waals surface area contributed by atoms with Crippen LogP contribution in [0.4, 0.5) is 0 Å². The molecular weight excluding hydrogens is 214 g/mol. The highest BCUT2D eigenvalue weighted by Crippen LogP contribution is 2.26. The van der Waals surface area contributed by atoms with Gasteiger partial charge in [0.1, 0.15) is 0 Å². The van der Waals surface area contributed by atoms with Gasteiger partial charge in [-0.25, -0.2) is 0 Å². The molecule has 0 amide bonds. The van der Waals surface area contributed by atoms with Gasteiger partial charge in [-0.3, -0.25) is 15.0 Å². The summed E-state index contributed by atoms with van der Waals surface area (Å²) >= 11 is 0. The average Bonchev–Trinajstić information content (AvgIpc) is 2.67. The third-order valence-corrected chi connectivity index (χ3v) is 3.41. The van der Waals surface area contributed by atoms with Crippen LogP contribution in [0.5, 0.6) is 0 Å². The summed E-state index contributed by atoms with van der Waals surface area (Å²) in [5.41, 5.74) is 11.6. The Kier molecular flexibility index (Phi) is 2.90. The number of aromatic nitrogens is 2. The number of nitrogens with two attached hydrogens (primary N) is 1. The molecule has 0 aliphatic heterocycles. The van der Waals surface area contributed by atoms with E-state index in [-0.39, 0.29) is 12.1 Å². The molecule has 0 saturated heterocycles. The number of nitrogens with one attached hydrogen (secondary N) is 2. The van der Waals surface area contributed by atoms with Crippen molar-refractivity contribution < 1.29 is 0 Å². The van der Waals surface area contributed by atoms with E-state index < -0.39 is 0 Å². The molecule has 0 spiro atoms. The molecule has 0 aliphatic rings. The fourth-order valence-corrected chi connectivity index (χ4v) is 2.04. The van der Waals surface area contributed by atoms with Gasteiger partial charge in [-0.05, 0) is 37.5 Å². The van der Waals surface area contributed by atoms with E-state index in [2.05, 4.69) is 37.0 Å². The predicted molar refractivity (Wildman–Crippen MR) is 69.0 cm³/mol. The lowest BCUT2D eigenvalue weighted by Gasteiger charge is -2.10. The molecule has 0 unspecified atom stereocenters. The van der Waals surface area contributed by atoms with Crippen molar-refractivity contribution >= 4 is 0 Å². The molecular formula is C13H17N3O. The normalized spacial score (nSPS) is 10.8. The molecule has 0 radical (unpaired) electrons. The molecule has 0 fully saturated rings. The van der Waals surface area contributed by atoms with Crippen LogP contribution in [0.3, 0.4) is 0 Å². The van der Waals surface area contributed by atoms with Gasteiger partial charge in [0.05, 0.1) is 11.3 Å². The number of H-pyrrole nitrogens is 2. The summed E-state index contributed by atoms with van der Waals surface area (Å²) in [5.74, 6) is 0. The maximum Gasteiger partial charge on any atom is 0.269 e. The van der Waals surface area contributed by atoms with Gasteiger partial charge in [-0.2, -0.15) is 0 Å². The van der Waals surface area contributed by atoms with Crippen LogP contribution in [0.15, 0.2) is 16.9 Å². The summed E-state index contributed by atoms with van der Waals surface area (Å²) in [7, 11) is 0. The van der Waals surface area contributed by atoms with Crippen molar-refractivity contribution in [1.29, 1.82) is 0 Å². The van der Waals surface area contributed by atoms with Crippen LogP contribution in [0, 0.1) is 20.8 Å². The summed E-state index contributed by atoms with van der Waals surface area (Å²) in [6, 6.07) is 4.08. The molecule has 1 aromatic carbocycles. The lowest BCUT2D eigenvalue weighted by molar-refractivity contribution is 1.04. The highest BCUT2D eigenvalue weighted by molar-refractivity contribution is 5.68. The minimum Gasteiger partial charge on any atom is -0.326 e. The monoisotopic (exact) mass is 231 g/mol. The van der Waals surface area contributed by atoms with Crippen molar-refractivity contribution in [2.24, 2.45) is 5.73 Å². The van der Waals surface area contributed by atoms with E-state index in [0.717, 1.165) is 11.3 Å². The number of rotatable bonds is 2. The zero-order valence-electron chi connectivity index (χ0n) is 10.3. The van der Waals surface area contributed by atoms with Crippen LogP contribution < -0.4 is 11.3 Å². The lowest BCUT2D eigenvalue weighted by atomic mass is 9.95. The first-order chi connectivity index (χ1) is 8.06. The molecule has 2 rings (SSSR count). The first-order valence-electron chi connectivity index (χ1n) is 5.63. The first kappa shape index (κ1) is 11.7. The van der Waals surface area contributed by atoms with Crippen molar-refractivity contribution in [3.05, 3.63) is 44.7 Å². The van der Waals surface area contributed by atoms with E-state index in [1.807, 2.05) is 6.07 Å². The first-order valence-corrected chi connectivity index (χ1v) is 5.63. The molecule has 0 saturated carbocycles. The highest BCUT2D eigenvalue weighted by Gasteiger charge is 2.13. The Balaban J connectivity index is 2.69. The highest BCUT2D eigenvalue weighted by atomic mass is 16.1. The maximum absolute atomic E-state index is 11.5. The molecule has 0 atom stereocenters. The van der Waals surface area contributed by atoms with E-state index >= 15 is 0 Å². The second-order valence-corrected chi connectivity index (χ2v) is 4.32. The smallest absolute Gasteiger partial charge is 0.269 e. The minimum absolute atomic E-state index is 0.139. The van der Waals surface area contributed by atoms with Crippen molar-refractivity contribution in [3.63, 3.8) is 0 Å². The number of hydrogen-bond acceptors (Lipinski definition) is 2. The van der Waals surface area contributed by atoms with Crippen molar-refractivity contribution in [2.75, 3.05) is 0 Å². The van der Waals surface area contributed by atoms with Crippen molar-refractivity contribution in [3.8, 4) is 11.3 Å². The summed E-state index contributed by atoms with van der Waals surface area (Å²) in [6.45, 7) is 6.46. The third-order valence-electron chi connectivity index (χ3n) is 3.41. The van der Waals surface area contributed by atoms with Gasteiger partial charge >= 0.3 is 0 Å². The Labute approximate surface area is 99.8 Å². The van der Waals surface area contributed by atoms with E-state index in [0.29, 0.717) is 5.56 Å². The third kappa shape index (κ3) is 1.80. The van der Waals surface area contributed by atoms with Gasteiger partial charge in [-0.15, -0.1) is 0 Å². The molecule has 4 N–H and O–H groups in total. The quantitative estimate of drug-likeness (QED) is 0.736. The van der Waals surface area contributed by atoms with Gasteiger partial charge in [0.15, 0.2) is 0 Å². The molecule has 1 heterocycles. The zero-order chi connectivity index (χ0) is 12.6. The van der Waals surface area contributed by atoms with Gasteiger partial charge < -0.3 is 5.73 Å². The summed E-state index contributed by atoms with van der Waals surface area (Å²) < 4.78 is 0. The Bertz CT molecular complexity index is 608. The number of benzene rings is 1. The van der Waals surface area contributed by atoms with Crippen LogP contribution in [0.2, 0.25) is 0 Å². The van der Waals surface area contributed by atoms with E-state index in [9.17, 15) is 4.79 Å². The lowest BCUT2D eigenvalue weighted by Crippen LogP contribution is -2.10. The topological polar surface area (TPSA) is 74.7 Å². The van der Waals surface area contributed by atoms with Gasteiger partial charge in [0.25, 0.3) is 5.56 Å². The van der Waals surface area contributed by atoms with Gasteiger partial charge in [-0.1, -0.05) is 12.1 Å². The molecule has 4 nitrogen and oxygen atoms in total. The molecule has 17 heavy (non-hydrogen) atoms. The molecule has 2 aromatic rings. The van der Waals surface area contributed by atoms with Crippen molar-refractivity contribution in [2.45, 2.75) is 27.3 Å². The Hall–Kier alpha value is -1.81. The van der Waals surface area contributed by atoms with Gasteiger partial charge in [0, 0.05) is 12.1 Å². The number of aryl methyl sites for hydroxylation is 1. The van der Waals surface area contributed by atoms with Crippen LogP contribution in [-0.2, 0) is 6.54 Å². The average molecular weight is 231 g/mol. The van der Waals surface area contributed by atoms with E-state index in [1.165, 1.54) is 16.7 Å². The van der Waals surface area contributed by atoms with Gasteiger partial charge in [0.2, 0.25) is 0 Å². The standard InChI is InChI=1S/C13H17N3O/c1-7-4-5-10(9(3)8(7)2)12-11(6-14)13(17)16-15-12/h4-5H,6,14H2,1-3H3,(H2,15,16,17). The maximum atomic E-state index is 11.5. The van der Waals surface area contributed by atoms with E-state index in [4.69, 9.17) is 5.73 Å². The zero-order valence-corrected chi connectivity index (χ0v) is 10.3. The second kappa shape index (κ2) is 4.22. The fourth-order valence-electron chi connectivity index (χ4n) is 2.04. The molecule has 0 bridgehead atoms. The largest absolute Gasteiger partial charge is 0.326 e. The number of hydrogen-bond donors (Lipinski definition) is 3.